The minimum Gasteiger partial charge on any atom is -0.497 e. The Bertz CT molecular complexity index is 586. The van der Waals surface area contributed by atoms with Crippen LogP contribution in [0.5, 0.6) is 11.5 Å². The van der Waals surface area contributed by atoms with Gasteiger partial charge in [-0.15, -0.1) is 0 Å². The SMILES string of the molecule is COc1cc(NCCNC(=O)C2CC3CCCC(C2)C3N)cc(OC)c1. The topological polar surface area (TPSA) is 85.6 Å². The molecule has 2 fully saturated rings. The summed E-state index contributed by atoms with van der Waals surface area (Å²) in [6, 6.07) is 5.96. The van der Waals surface area contributed by atoms with Crippen LogP contribution in [-0.2, 0) is 4.79 Å². The molecule has 0 heterocycles. The molecule has 2 atom stereocenters. The van der Waals surface area contributed by atoms with E-state index in [1.165, 1.54) is 19.3 Å². The van der Waals surface area contributed by atoms with Crippen molar-refractivity contribution in [2.24, 2.45) is 23.5 Å². The fourth-order valence-electron chi connectivity index (χ4n) is 4.45. The molecule has 2 saturated carbocycles. The van der Waals surface area contributed by atoms with Crippen molar-refractivity contribution >= 4 is 11.6 Å². The lowest BCUT2D eigenvalue weighted by atomic mass is 9.65. The summed E-state index contributed by atoms with van der Waals surface area (Å²) in [6.45, 7) is 1.25. The van der Waals surface area contributed by atoms with Gasteiger partial charge in [-0.05, 0) is 37.5 Å². The fraction of sp³-hybridized carbons (Fsp3) is 0.650. The number of ether oxygens (including phenoxy) is 2. The normalized spacial score (nSPS) is 27.5. The van der Waals surface area contributed by atoms with Crippen molar-refractivity contribution < 1.29 is 14.3 Å². The number of methoxy groups -OCH3 is 2. The van der Waals surface area contributed by atoms with Crippen LogP contribution in [0.4, 0.5) is 5.69 Å². The molecule has 0 aliphatic heterocycles. The molecule has 0 spiro atoms. The Morgan fingerprint density at radius 2 is 1.69 bits per heavy atom. The predicted octanol–water partition coefficient (Wildman–Crippen LogP) is 2.39. The van der Waals surface area contributed by atoms with E-state index >= 15 is 0 Å². The largest absolute Gasteiger partial charge is 0.497 e. The van der Waals surface area contributed by atoms with E-state index in [2.05, 4.69) is 10.6 Å². The number of carbonyl (C=O) groups is 1. The van der Waals surface area contributed by atoms with E-state index in [1.807, 2.05) is 18.2 Å². The number of nitrogens with two attached hydrogens (primary N) is 1. The molecule has 2 unspecified atom stereocenters. The molecule has 6 heteroatoms. The van der Waals surface area contributed by atoms with Gasteiger partial charge < -0.3 is 25.8 Å². The van der Waals surface area contributed by atoms with Crippen LogP contribution in [0.1, 0.15) is 32.1 Å². The van der Waals surface area contributed by atoms with Gasteiger partial charge in [-0.1, -0.05) is 6.42 Å². The molecule has 1 aromatic carbocycles. The number of amides is 1. The summed E-state index contributed by atoms with van der Waals surface area (Å²) in [5, 5.41) is 6.38. The maximum absolute atomic E-state index is 12.5. The smallest absolute Gasteiger partial charge is 0.223 e. The highest BCUT2D eigenvalue weighted by molar-refractivity contribution is 5.78. The Kier molecular flexibility index (Phi) is 6.25. The van der Waals surface area contributed by atoms with E-state index in [9.17, 15) is 4.79 Å². The standard InChI is InChI=1S/C20H31N3O3/c1-25-17-10-16(11-18(12-17)26-2)22-6-7-23-20(24)15-8-13-4-3-5-14(9-15)19(13)21/h10-15,19,22H,3-9,21H2,1-2H3,(H,23,24). The van der Waals surface area contributed by atoms with Crippen LogP contribution < -0.4 is 25.8 Å². The summed E-state index contributed by atoms with van der Waals surface area (Å²) >= 11 is 0. The van der Waals surface area contributed by atoms with Gasteiger partial charge in [0.15, 0.2) is 0 Å². The van der Waals surface area contributed by atoms with Gasteiger partial charge in [0.2, 0.25) is 5.91 Å². The Morgan fingerprint density at radius 1 is 1.08 bits per heavy atom. The number of nitrogens with one attached hydrogen (secondary N) is 2. The van der Waals surface area contributed by atoms with E-state index < -0.39 is 0 Å². The molecule has 3 rings (SSSR count). The predicted molar refractivity (Wildman–Crippen MR) is 103 cm³/mol. The van der Waals surface area contributed by atoms with Gasteiger partial charge in [-0.25, -0.2) is 0 Å². The number of rotatable bonds is 7. The summed E-state index contributed by atoms with van der Waals surface area (Å²) in [6.07, 6.45) is 5.53. The van der Waals surface area contributed by atoms with Crippen molar-refractivity contribution in [1.29, 1.82) is 0 Å². The average molecular weight is 361 g/mol. The van der Waals surface area contributed by atoms with E-state index in [0.29, 0.717) is 31.0 Å². The Morgan fingerprint density at radius 3 is 2.27 bits per heavy atom. The Hall–Kier alpha value is -1.95. The lowest BCUT2D eigenvalue weighted by Crippen LogP contribution is -2.49. The van der Waals surface area contributed by atoms with E-state index in [4.69, 9.17) is 15.2 Å². The molecule has 0 saturated heterocycles. The lowest BCUT2D eigenvalue weighted by Gasteiger charge is -2.43. The molecule has 26 heavy (non-hydrogen) atoms. The third-order valence-electron chi connectivity index (χ3n) is 5.89. The zero-order chi connectivity index (χ0) is 18.5. The minimum absolute atomic E-state index is 0.127. The van der Waals surface area contributed by atoms with Crippen LogP contribution >= 0.6 is 0 Å². The number of fused-ring (bicyclic) bond motifs is 2. The number of benzene rings is 1. The molecule has 2 aliphatic rings. The van der Waals surface area contributed by atoms with Gasteiger partial charge in [0, 0.05) is 48.9 Å². The fourth-order valence-corrected chi connectivity index (χ4v) is 4.45. The first-order valence-electron chi connectivity index (χ1n) is 9.61. The minimum atomic E-state index is 0.127. The molecule has 4 N–H and O–H groups in total. The molecule has 6 nitrogen and oxygen atoms in total. The van der Waals surface area contributed by atoms with Gasteiger partial charge in [0.25, 0.3) is 0 Å². The molecule has 0 aromatic heterocycles. The molecule has 0 radical (unpaired) electrons. The van der Waals surface area contributed by atoms with E-state index in [1.54, 1.807) is 14.2 Å². The first-order valence-corrected chi connectivity index (χ1v) is 9.61. The summed E-state index contributed by atoms with van der Waals surface area (Å²) in [5.74, 6) is 2.84. The van der Waals surface area contributed by atoms with Crippen molar-refractivity contribution in [1.82, 2.24) is 5.32 Å². The maximum atomic E-state index is 12.5. The maximum Gasteiger partial charge on any atom is 0.223 e. The highest BCUT2D eigenvalue weighted by atomic mass is 16.5. The van der Waals surface area contributed by atoms with Crippen molar-refractivity contribution in [2.75, 3.05) is 32.6 Å². The Labute approximate surface area is 155 Å². The van der Waals surface area contributed by atoms with Gasteiger partial charge in [-0.2, -0.15) is 0 Å². The van der Waals surface area contributed by atoms with E-state index in [0.717, 1.165) is 30.0 Å². The second-order valence-electron chi connectivity index (χ2n) is 7.52. The molecular formula is C20H31N3O3. The Balaban J connectivity index is 1.44. The van der Waals surface area contributed by atoms with Crippen LogP contribution in [0, 0.1) is 17.8 Å². The molecular weight excluding hydrogens is 330 g/mol. The first kappa shape index (κ1) is 18.8. The monoisotopic (exact) mass is 361 g/mol. The van der Waals surface area contributed by atoms with Gasteiger partial charge in [0.1, 0.15) is 11.5 Å². The number of carbonyl (C=O) groups excluding carboxylic acids is 1. The van der Waals surface area contributed by atoms with Crippen molar-refractivity contribution in [3.05, 3.63) is 18.2 Å². The van der Waals surface area contributed by atoms with Gasteiger partial charge in [-0.3, -0.25) is 4.79 Å². The summed E-state index contributed by atoms with van der Waals surface area (Å²) in [7, 11) is 3.26. The highest BCUT2D eigenvalue weighted by Crippen LogP contribution is 2.41. The van der Waals surface area contributed by atoms with Crippen LogP contribution in [0.3, 0.4) is 0 Å². The lowest BCUT2D eigenvalue weighted by molar-refractivity contribution is -0.127. The van der Waals surface area contributed by atoms with Gasteiger partial charge in [0.05, 0.1) is 14.2 Å². The molecule has 2 aliphatic carbocycles. The summed E-state index contributed by atoms with van der Waals surface area (Å²) in [4.78, 5) is 12.5. The van der Waals surface area contributed by atoms with Crippen LogP contribution in [0.15, 0.2) is 18.2 Å². The number of hydrogen-bond acceptors (Lipinski definition) is 5. The summed E-state index contributed by atoms with van der Waals surface area (Å²) < 4.78 is 10.5. The van der Waals surface area contributed by atoms with Crippen molar-refractivity contribution in [3.63, 3.8) is 0 Å². The van der Waals surface area contributed by atoms with Gasteiger partial charge >= 0.3 is 0 Å². The molecule has 1 amide bonds. The van der Waals surface area contributed by atoms with Crippen molar-refractivity contribution in [3.8, 4) is 11.5 Å². The third-order valence-corrected chi connectivity index (χ3v) is 5.89. The third kappa shape index (κ3) is 4.41. The first-order chi connectivity index (χ1) is 12.6. The van der Waals surface area contributed by atoms with E-state index in [-0.39, 0.29) is 11.8 Å². The summed E-state index contributed by atoms with van der Waals surface area (Å²) in [5.41, 5.74) is 7.23. The number of hydrogen-bond donors (Lipinski definition) is 3. The number of anilines is 1. The van der Waals surface area contributed by atoms with Crippen molar-refractivity contribution in [2.45, 2.75) is 38.1 Å². The zero-order valence-corrected chi connectivity index (χ0v) is 15.8. The zero-order valence-electron chi connectivity index (χ0n) is 15.8. The van der Waals surface area contributed by atoms with Crippen LogP contribution in [-0.4, -0.2) is 39.3 Å². The second-order valence-corrected chi connectivity index (χ2v) is 7.52. The van der Waals surface area contributed by atoms with Crippen LogP contribution in [0.2, 0.25) is 0 Å². The molecule has 144 valence electrons. The molecule has 2 bridgehead atoms. The average Bonchev–Trinajstić information content (AvgIpc) is 2.64. The molecule has 1 aromatic rings. The quantitative estimate of drug-likeness (QED) is 0.649. The van der Waals surface area contributed by atoms with Crippen LogP contribution in [0.25, 0.3) is 0 Å². The highest BCUT2D eigenvalue weighted by Gasteiger charge is 2.40. The second kappa shape index (κ2) is 8.62.